The monoisotopic (exact) mass is 490 g/mol. The minimum absolute atomic E-state index is 0.0998. The number of ether oxygens (including phenoxy) is 1. The lowest BCUT2D eigenvalue weighted by molar-refractivity contribution is -0.134. The van der Waals surface area contributed by atoms with E-state index >= 15 is 0 Å². The van der Waals surface area contributed by atoms with Gasteiger partial charge < -0.3 is 15.0 Å². The fraction of sp³-hybridized carbons (Fsp3) is 0.308. The number of nitrogens with zero attached hydrogens (tertiary/aromatic N) is 3. The summed E-state index contributed by atoms with van der Waals surface area (Å²) >= 11 is 1.53. The Kier molecular flexibility index (Phi) is 6.25. The Morgan fingerprint density at radius 3 is 2.66 bits per heavy atom. The zero-order chi connectivity index (χ0) is 24.4. The van der Waals surface area contributed by atoms with E-state index in [1.54, 1.807) is 42.6 Å². The summed E-state index contributed by atoms with van der Waals surface area (Å²) in [4.78, 5) is 47.5. The van der Waals surface area contributed by atoms with Crippen molar-refractivity contribution in [1.82, 2.24) is 20.1 Å². The lowest BCUT2D eigenvalue weighted by Crippen LogP contribution is -2.54. The van der Waals surface area contributed by atoms with Gasteiger partial charge in [0.25, 0.3) is 11.8 Å². The van der Waals surface area contributed by atoms with Gasteiger partial charge in [-0.2, -0.15) is 11.3 Å². The maximum absolute atomic E-state index is 13.9. The van der Waals surface area contributed by atoms with E-state index in [0.717, 1.165) is 5.56 Å². The lowest BCUT2D eigenvalue weighted by atomic mass is 9.73. The topological polar surface area (TPSA) is 91.8 Å². The Hall–Kier alpha value is -3.72. The molecule has 2 aromatic heterocycles. The molecule has 35 heavy (non-hydrogen) atoms. The lowest BCUT2D eigenvalue weighted by Gasteiger charge is -2.41. The first-order chi connectivity index (χ1) is 17.0. The van der Waals surface area contributed by atoms with Gasteiger partial charge in [0.2, 0.25) is 0 Å². The number of thiophene rings is 1. The molecule has 2 aliphatic heterocycles. The maximum atomic E-state index is 13.9. The standard InChI is InChI=1S/C26H26N4O4S/c1-34-22-7-3-2-6-21(22)23(31)29-12-8-19(9-13-29)26(20-5-4-11-27-15-20)24(32)30(25(33)28-26)16-18-10-14-35-17-18/h2-7,10-11,14-15,17,19H,8-9,12-13,16H2,1H3,(H,28,33)/t26-/m0/s1. The van der Waals surface area contributed by atoms with E-state index in [1.807, 2.05) is 35.0 Å². The second-order valence-corrected chi connectivity index (χ2v) is 9.55. The summed E-state index contributed by atoms with van der Waals surface area (Å²) in [5.74, 6) is -0.0143. The molecule has 5 rings (SSSR count). The van der Waals surface area contributed by atoms with Crippen LogP contribution in [0.2, 0.25) is 0 Å². The molecule has 2 aliphatic rings. The first-order valence-electron chi connectivity index (χ1n) is 11.5. The van der Waals surface area contributed by atoms with Crippen molar-refractivity contribution in [3.8, 4) is 5.75 Å². The van der Waals surface area contributed by atoms with Crippen LogP contribution >= 0.6 is 11.3 Å². The molecule has 9 heteroatoms. The molecule has 8 nitrogen and oxygen atoms in total. The number of carbonyl (C=O) groups is 3. The molecule has 3 aromatic rings. The van der Waals surface area contributed by atoms with Crippen LogP contribution in [0.25, 0.3) is 0 Å². The molecule has 0 unspecified atom stereocenters. The van der Waals surface area contributed by atoms with E-state index in [9.17, 15) is 14.4 Å². The Morgan fingerprint density at radius 2 is 1.97 bits per heavy atom. The fourth-order valence-corrected chi connectivity index (χ4v) is 5.77. The maximum Gasteiger partial charge on any atom is 0.325 e. The first-order valence-corrected chi connectivity index (χ1v) is 12.5. The van der Waals surface area contributed by atoms with Crippen LogP contribution in [-0.4, -0.2) is 52.8 Å². The smallest absolute Gasteiger partial charge is 0.325 e. The number of methoxy groups -OCH3 is 1. The van der Waals surface area contributed by atoms with Gasteiger partial charge in [-0.3, -0.25) is 19.5 Å². The summed E-state index contributed by atoms with van der Waals surface area (Å²) in [5.41, 5.74) is 0.891. The van der Waals surface area contributed by atoms with Gasteiger partial charge in [0.15, 0.2) is 5.54 Å². The highest BCUT2D eigenvalue weighted by Crippen LogP contribution is 2.42. The van der Waals surface area contributed by atoms with Gasteiger partial charge in [-0.25, -0.2) is 4.79 Å². The van der Waals surface area contributed by atoms with Gasteiger partial charge in [-0.1, -0.05) is 18.2 Å². The zero-order valence-electron chi connectivity index (χ0n) is 19.3. The van der Waals surface area contributed by atoms with Crippen LogP contribution in [0, 0.1) is 5.92 Å². The molecule has 1 N–H and O–H groups in total. The van der Waals surface area contributed by atoms with Gasteiger partial charge in [0.05, 0.1) is 19.2 Å². The third kappa shape index (κ3) is 4.05. The van der Waals surface area contributed by atoms with E-state index in [-0.39, 0.29) is 24.3 Å². The molecule has 1 atom stereocenters. The van der Waals surface area contributed by atoms with Crippen LogP contribution in [0.4, 0.5) is 4.79 Å². The SMILES string of the molecule is COc1ccccc1C(=O)N1CCC([C@@]2(c3cccnc3)NC(=O)N(Cc3ccsc3)C2=O)CC1. The van der Waals surface area contributed by atoms with Gasteiger partial charge >= 0.3 is 6.03 Å². The molecular formula is C26H26N4O4S. The fourth-order valence-electron chi connectivity index (χ4n) is 5.11. The van der Waals surface area contributed by atoms with Crippen molar-refractivity contribution >= 4 is 29.2 Å². The first kappa shape index (κ1) is 23.0. The Balaban J connectivity index is 1.40. The van der Waals surface area contributed by atoms with Crippen molar-refractivity contribution in [2.24, 2.45) is 5.92 Å². The molecule has 4 heterocycles. The average molecular weight is 491 g/mol. The molecule has 0 bridgehead atoms. The zero-order valence-corrected chi connectivity index (χ0v) is 20.2. The molecule has 4 amide bonds. The Bertz CT molecular complexity index is 1230. The minimum Gasteiger partial charge on any atom is -0.496 e. The molecule has 2 saturated heterocycles. The summed E-state index contributed by atoms with van der Waals surface area (Å²) < 4.78 is 5.36. The number of rotatable bonds is 6. The molecular weight excluding hydrogens is 464 g/mol. The third-order valence-corrected chi connectivity index (χ3v) is 7.63. The van der Waals surface area contributed by atoms with Crippen LogP contribution in [-0.2, 0) is 16.9 Å². The number of carbonyl (C=O) groups excluding carboxylic acids is 3. The number of urea groups is 1. The van der Waals surface area contributed by atoms with Crippen LogP contribution in [0.15, 0.2) is 65.6 Å². The Labute approximate surface area is 207 Å². The number of piperidine rings is 1. The number of imide groups is 1. The van der Waals surface area contributed by atoms with E-state index in [4.69, 9.17) is 4.74 Å². The van der Waals surface area contributed by atoms with Crippen molar-refractivity contribution in [1.29, 1.82) is 0 Å². The summed E-state index contributed by atoms with van der Waals surface area (Å²) in [5, 5.41) is 6.90. The average Bonchev–Trinajstić information content (AvgIpc) is 3.51. The molecule has 0 aliphatic carbocycles. The van der Waals surface area contributed by atoms with Gasteiger partial charge in [0.1, 0.15) is 5.75 Å². The minimum atomic E-state index is -1.21. The second-order valence-electron chi connectivity index (χ2n) is 8.77. The van der Waals surface area contributed by atoms with Gasteiger partial charge in [-0.15, -0.1) is 0 Å². The molecule has 2 fully saturated rings. The summed E-state index contributed by atoms with van der Waals surface area (Å²) in [6.07, 6.45) is 4.43. The number of nitrogens with one attached hydrogen (secondary N) is 1. The number of para-hydroxylation sites is 1. The second kappa shape index (κ2) is 9.50. The highest BCUT2D eigenvalue weighted by Gasteiger charge is 2.57. The Morgan fingerprint density at radius 1 is 1.17 bits per heavy atom. The van der Waals surface area contributed by atoms with Crippen LogP contribution in [0.3, 0.4) is 0 Å². The third-order valence-electron chi connectivity index (χ3n) is 6.90. The van der Waals surface area contributed by atoms with Crippen LogP contribution in [0.1, 0.15) is 34.3 Å². The number of likely N-dealkylation sites (tertiary alicyclic amines) is 1. The van der Waals surface area contributed by atoms with Crippen molar-refractivity contribution in [3.05, 3.63) is 82.3 Å². The summed E-state index contributed by atoms with van der Waals surface area (Å²) in [6.45, 7) is 1.16. The number of amides is 4. The molecule has 0 saturated carbocycles. The predicted molar refractivity (Wildman–Crippen MR) is 131 cm³/mol. The normalized spacial score (nSPS) is 20.7. The highest BCUT2D eigenvalue weighted by atomic mass is 32.1. The number of aromatic nitrogens is 1. The summed E-state index contributed by atoms with van der Waals surface area (Å²) in [7, 11) is 1.55. The van der Waals surface area contributed by atoms with Crippen molar-refractivity contribution < 1.29 is 19.1 Å². The van der Waals surface area contributed by atoms with E-state index in [1.165, 1.54) is 16.2 Å². The van der Waals surface area contributed by atoms with Crippen molar-refractivity contribution in [2.45, 2.75) is 24.9 Å². The molecule has 0 spiro atoms. The number of benzene rings is 1. The van der Waals surface area contributed by atoms with Crippen molar-refractivity contribution in [3.63, 3.8) is 0 Å². The number of hydrogen-bond donors (Lipinski definition) is 1. The molecule has 0 radical (unpaired) electrons. The van der Waals surface area contributed by atoms with Crippen LogP contribution < -0.4 is 10.1 Å². The van der Waals surface area contributed by atoms with E-state index in [0.29, 0.717) is 42.8 Å². The predicted octanol–water partition coefficient (Wildman–Crippen LogP) is 3.65. The van der Waals surface area contributed by atoms with Crippen molar-refractivity contribution in [2.75, 3.05) is 20.2 Å². The highest BCUT2D eigenvalue weighted by molar-refractivity contribution is 7.07. The molecule has 180 valence electrons. The van der Waals surface area contributed by atoms with Gasteiger partial charge in [0, 0.05) is 31.0 Å². The quantitative estimate of drug-likeness (QED) is 0.533. The number of hydrogen-bond acceptors (Lipinski definition) is 6. The molecule has 1 aromatic carbocycles. The van der Waals surface area contributed by atoms with E-state index in [2.05, 4.69) is 10.3 Å². The largest absolute Gasteiger partial charge is 0.496 e. The van der Waals surface area contributed by atoms with Crippen LogP contribution in [0.5, 0.6) is 5.75 Å². The number of pyridine rings is 1. The summed E-state index contributed by atoms with van der Waals surface area (Å²) in [6, 6.07) is 12.3. The van der Waals surface area contributed by atoms with E-state index < -0.39 is 11.6 Å². The van der Waals surface area contributed by atoms with Gasteiger partial charge in [-0.05, 0) is 59.3 Å².